The first-order valence-electron chi connectivity index (χ1n) is 8.59. The number of nitrogens with one attached hydrogen (secondary N) is 2. The van der Waals surface area contributed by atoms with Crippen LogP contribution in [0.5, 0.6) is 0 Å². The lowest BCUT2D eigenvalue weighted by atomic mass is 9.88. The van der Waals surface area contributed by atoms with E-state index in [9.17, 15) is 4.79 Å². The summed E-state index contributed by atoms with van der Waals surface area (Å²) in [6.45, 7) is 9.21. The minimum atomic E-state index is 0. The van der Waals surface area contributed by atoms with Gasteiger partial charge in [-0.25, -0.2) is 0 Å². The van der Waals surface area contributed by atoms with Gasteiger partial charge in [-0.15, -0.1) is 24.8 Å². The minimum absolute atomic E-state index is 0. The van der Waals surface area contributed by atoms with Gasteiger partial charge in [-0.3, -0.25) is 9.69 Å². The summed E-state index contributed by atoms with van der Waals surface area (Å²) < 4.78 is 5.37. The topological polar surface area (TPSA) is 53.6 Å². The number of halogens is 2. The lowest BCUT2D eigenvalue weighted by molar-refractivity contribution is -0.126. The van der Waals surface area contributed by atoms with Gasteiger partial charge in [0.25, 0.3) is 0 Å². The van der Waals surface area contributed by atoms with Crippen LogP contribution in [0.15, 0.2) is 24.3 Å². The molecule has 0 aliphatic carbocycles. The van der Waals surface area contributed by atoms with Crippen molar-refractivity contribution < 1.29 is 9.53 Å². The van der Waals surface area contributed by atoms with Crippen LogP contribution in [-0.2, 0) is 22.6 Å². The van der Waals surface area contributed by atoms with E-state index < -0.39 is 0 Å². The molecular weight excluding hydrogens is 361 g/mol. The van der Waals surface area contributed by atoms with Crippen molar-refractivity contribution in [2.75, 3.05) is 39.4 Å². The van der Waals surface area contributed by atoms with Crippen LogP contribution >= 0.6 is 24.8 Å². The summed E-state index contributed by atoms with van der Waals surface area (Å²) in [5.74, 6) is 0.747. The zero-order valence-electron chi connectivity index (χ0n) is 14.7. The third-order valence-corrected chi connectivity index (χ3v) is 4.93. The first-order chi connectivity index (χ1) is 11.2. The molecule has 2 aliphatic rings. The van der Waals surface area contributed by atoms with E-state index in [1.54, 1.807) is 0 Å². The van der Waals surface area contributed by atoms with Crippen LogP contribution in [0.25, 0.3) is 0 Å². The standard InChI is InChI=1S/C18H27N3O2.2ClH/c1-14(17-11-19-12-17)18(22)20-10-15-2-4-16(5-3-15)13-21-6-8-23-9-7-21;;/h2-5,14,17,19H,6-13H2,1H3,(H,20,22);2*1H. The molecule has 142 valence electrons. The van der Waals surface area contributed by atoms with Gasteiger partial charge in [0, 0.05) is 32.1 Å². The van der Waals surface area contributed by atoms with E-state index in [1.165, 1.54) is 5.56 Å². The maximum Gasteiger partial charge on any atom is 0.223 e. The summed E-state index contributed by atoms with van der Waals surface area (Å²) in [5.41, 5.74) is 2.47. The van der Waals surface area contributed by atoms with E-state index in [0.29, 0.717) is 12.5 Å². The van der Waals surface area contributed by atoms with Crippen LogP contribution < -0.4 is 10.6 Å². The smallest absolute Gasteiger partial charge is 0.223 e. The number of amides is 1. The van der Waals surface area contributed by atoms with Gasteiger partial charge in [0.2, 0.25) is 5.91 Å². The Kier molecular flexibility index (Phi) is 9.75. The molecule has 0 saturated carbocycles. The molecular formula is C18H29Cl2N3O2. The number of carbonyl (C=O) groups excluding carboxylic acids is 1. The van der Waals surface area contributed by atoms with Gasteiger partial charge in [0.15, 0.2) is 0 Å². The Labute approximate surface area is 162 Å². The monoisotopic (exact) mass is 389 g/mol. The van der Waals surface area contributed by atoms with E-state index in [-0.39, 0.29) is 36.6 Å². The Morgan fingerprint density at radius 3 is 2.36 bits per heavy atom. The van der Waals surface area contributed by atoms with Crippen LogP contribution in [0.4, 0.5) is 0 Å². The molecule has 1 unspecified atom stereocenters. The van der Waals surface area contributed by atoms with E-state index in [4.69, 9.17) is 4.74 Å². The van der Waals surface area contributed by atoms with E-state index in [2.05, 4.69) is 39.8 Å². The molecule has 2 fully saturated rings. The summed E-state index contributed by atoms with van der Waals surface area (Å²) >= 11 is 0. The minimum Gasteiger partial charge on any atom is -0.379 e. The predicted octanol–water partition coefficient (Wildman–Crippen LogP) is 1.83. The van der Waals surface area contributed by atoms with E-state index >= 15 is 0 Å². The molecule has 2 heterocycles. The van der Waals surface area contributed by atoms with Gasteiger partial charge in [0.1, 0.15) is 0 Å². The van der Waals surface area contributed by atoms with E-state index in [1.807, 2.05) is 6.92 Å². The van der Waals surface area contributed by atoms with Crippen molar-refractivity contribution in [1.29, 1.82) is 0 Å². The first kappa shape index (κ1) is 22.2. The molecule has 0 bridgehead atoms. The number of ether oxygens (including phenoxy) is 1. The summed E-state index contributed by atoms with van der Waals surface area (Å²) in [7, 11) is 0. The number of benzene rings is 1. The Morgan fingerprint density at radius 2 is 1.80 bits per heavy atom. The van der Waals surface area contributed by atoms with Crippen LogP contribution in [0.2, 0.25) is 0 Å². The van der Waals surface area contributed by atoms with Gasteiger partial charge in [-0.2, -0.15) is 0 Å². The molecule has 2 saturated heterocycles. The average Bonchev–Trinajstić information content (AvgIpc) is 2.53. The van der Waals surface area contributed by atoms with Gasteiger partial charge in [-0.05, 0) is 30.1 Å². The number of nitrogens with zero attached hydrogens (tertiary/aromatic N) is 1. The number of hydrogen-bond acceptors (Lipinski definition) is 4. The second kappa shape index (κ2) is 11.0. The Morgan fingerprint density at radius 1 is 1.20 bits per heavy atom. The molecule has 5 nitrogen and oxygen atoms in total. The van der Waals surface area contributed by atoms with Crippen LogP contribution in [0, 0.1) is 11.8 Å². The fourth-order valence-corrected chi connectivity index (χ4v) is 3.01. The number of rotatable bonds is 6. The van der Waals surface area contributed by atoms with Crippen molar-refractivity contribution >= 4 is 30.7 Å². The fraction of sp³-hybridized carbons (Fsp3) is 0.611. The van der Waals surface area contributed by atoms with Gasteiger partial charge in [-0.1, -0.05) is 31.2 Å². The zero-order chi connectivity index (χ0) is 16.1. The third kappa shape index (κ3) is 6.42. The number of carbonyl (C=O) groups is 1. The normalized spacial score (nSPS) is 19.1. The van der Waals surface area contributed by atoms with Crippen molar-refractivity contribution in [2.24, 2.45) is 11.8 Å². The molecule has 1 atom stereocenters. The lowest BCUT2D eigenvalue weighted by Gasteiger charge is -2.31. The molecule has 2 aliphatic heterocycles. The van der Waals surface area contributed by atoms with Crippen LogP contribution in [0.3, 0.4) is 0 Å². The van der Waals surface area contributed by atoms with Crippen molar-refractivity contribution in [3.8, 4) is 0 Å². The van der Waals surface area contributed by atoms with Crippen molar-refractivity contribution in [1.82, 2.24) is 15.5 Å². The SMILES string of the molecule is CC(C(=O)NCc1ccc(CN2CCOCC2)cc1)C1CNC1.Cl.Cl. The molecule has 7 heteroatoms. The predicted molar refractivity (Wildman–Crippen MR) is 104 cm³/mol. The molecule has 0 aromatic heterocycles. The highest BCUT2D eigenvalue weighted by Crippen LogP contribution is 2.16. The Hall–Kier alpha value is -0.850. The molecule has 1 amide bonds. The summed E-state index contributed by atoms with van der Waals surface area (Å²) in [4.78, 5) is 14.5. The highest BCUT2D eigenvalue weighted by atomic mass is 35.5. The first-order valence-corrected chi connectivity index (χ1v) is 8.59. The molecule has 25 heavy (non-hydrogen) atoms. The maximum absolute atomic E-state index is 12.1. The molecule has 1 aromatic rings. The lowest BCUT2D eigenvalue weighted by Crippen LogP contribution is -2.49. The number of hydrogen-bond donors (Lipinski definition) is 2. The molecule has 3 rings (SSSR count). The van der Waals surface area contributed by atoms with Crippen LogP contribution in [0.1, 0.15) is 18.1 Å². The number of morpholine rings is 1. The second-order valence-corrected chi connectivity index (χ2v) is 6.63. The Bertz CT molecular complexity index is 518. The van der Waals surface area contributed by atoms with Gasteiger partial charge < -0.3 is 15.4 Å². The van der Waals surface area contributed by atoms with Gasteiger partial charge in [0.05, 0.1) is 13.2 Å². The summed E-state index contributed by atoms with van der Waals surface area (Å²) in [6.07, 6.45) is 0. The Balaban J connectivity index is 0.00000156. The average molecular weight is 390 g/mol. The van der Waals surface area contributed by atoms with Crippen molar-refractivity contribution in [3.05, 3.63) is 35.4 Å². The largest absolute Gasteiger partial charge is 0.379 e. The van der Waals surface area contributed by atoms with E-state index in [0.717, 1.165) is 51.5 Å². The van der Waals surface area contributed by atoms with Crippen molar-refractivity contribution in [3.63, 3.8) is 0 Å². The van der Waals surface area contributed by atoms with Gasteiger partial charge >= 0.3 is 0 Å². The fourth-order valence-electron chi connectivity index (χ4n) is 3.01. The maximum atomic E-state index is 12.1. The zero-order valence-corrected chi connectivity index (χ0v) is 16.3. The highest BCUT2D eigenvalue weighted by molar-refractivity contribution is 5.85. The molecule has 0 radical (unpaired) electrons. The summed E-state index contributed by atoms with van der Waals surface area (Å²) in [5, 5.41) is 6.27. The molecule has 2 N–H and O–H groups in total. The molecule has 0 spiro atoms. The second-order valence-electron chi connectivity index (χ2n) is 6.63. The molecule has 1 aromatic carbocycles. The quantitative estimate of drug-likeness (QED) is 0.779. The summed E-state index contributed by atoms with van der Waals surface area (Å²) in [6, 6.07) is 8.56. The van der Waals surface area contributed by atoms with Crippen LogP contribution in [-0.4, -0.2) is 50.2 Å². The highest BCUT2D eigenvalue weighted by Gasteiger charge is 2.28. The van der Waals surface area contributed by atoms with Crippen molar-refractivity contribution in [2.45, 2.75) is 20.0 Å². The third-order valence-electron chi connectivity index (χ3n) is 4.93.